The molecule has 1 aliphatic heterocycles. The Balaban J connectivity index is 1.95. The molecule has 1 heterocycles. The molecule has 3 aromatic rings. The first-order valence-electron chi connectivity index (χ1n) is 10.6. The maximum atomic E-state index is 13.8. The van der Waals surface area contributed by atoms with Crippen molar-refractivity contribution in [2.24, 2.45) is 0 Å². The minimum Gasteiger partial charge on any atom is -0.507 e. The van der Waals surface area contributed by atoms with Crippen molar-refractivity contribution < 1.29 is 28.6 Å². The van der Waals surface area contributed by atoms with Crippen molar-refractivity contribution in [3.63, 3.8) is 0 Å². The second-order valence-electron chi connectivity index (χ2n) is 7.62. The largest absolute Gasteiger partial charge is 0.507 e. The maximum Gasteiger partial charge on any atom is 0.300 e. The van der Waals surface area contributed by atoms with E-state index >= 15 is 0 Å². The minimum atomic E-state index is -1.04. The quantitative estimate of drug-likeness (QED) is 0.241. The van der Waals surface area contributed by atoms with Crippen molar-refractivity contribution in [1.82, 2.24) is 0 Å². The number of Topliss-reactive ketones (excluding diaryl/α,β-unsaturated/α-hetero) is 1. The average Bonchev–Trinajstić information content (AvgIpc) is 3.12. The third-order valence-corrected chi connectivity index (χ3v) is 6.14. The summed E-state index contributed by atoms with van der Waals surface area (Å²) in [6.07, 6.45) is 0. The number of anilines is 1. The summed E-state index contributed by atoms with van der Waals surface area (Å²) in [5.74, 6) is -2.10. The van der Waals surface area contributed by atoms with Crippen LogP contribution in [0.1, 0.15) is 24.1 Å². The van der Waals surface area contributed by atoms with E-state index in [2.05, 4.69) is 0 Å². The highest BCUT2D eigenvalue weighted by Gasteiger charge is 2.47. The van der Waals surface area contributed by atoms with Crippen LogP contribution in [-0.4, -0.2) is 30.5 Å². The molecule has 3 aromatic carbocycles. The van der Waals surface area contributed by atoms with Crippen molar-refractivity contribution in [3.8, 4) is 11.5 Å². The van der Waals surface area contributed by atoms with Crippen LogP contribution in [0.4, 0.5) is 10.1 Å². The Kier molecular flexibility index (Phi) is 7.00. The first-order valence-corrected chi connectivity index (χ1v) is 11.3. The molecule has 180 valence electrons. The van der Waals surface area contributed by atoms with E-state index in [4.69, 9.17) is 32.7 Å². The molecule has 0 aliphatic carbocycles. The lowest BCUT2D eigenvalue weighted by Gasteiger charge is -2.26. The number of hydrogen-bond acceptors (Lipinski definition) is 5. The standard InChI is InChI=1S/C26H20Cl2FNO5/c1-3-35-21-12-15(7-9-18(21)27)24(31)22-23(14-5-4-6-17(11-14)34-2)30(26(33)25(22)32)16-8-10-20(29)19(28)13-16/h4-13,23,31H,3H2,1-2H3/b24-22+. The second-order valence-corrected chi connectivity index (χ2v) is 8.44. The fourth-order valence-corrected chi connectivity index (χ4v) is 4.28. The van der Waals surface area contributed by atoms with Gasteiger partial charge in [-0.3, -0.25) is 14.5 Å². The molecule has 1 aliphatic rings. The molecule has 0 spiro atoms. The van der Waals surface area contributed by atoms with Gasteiger partial charge in [-0.1, -0.05) is 35.3 Å². The van der Waals surface area contributed by atoms with Gasteiger partial charge in [0.25, 0.3) is 11.7 Å². The summed E-state index contributed by atoms with van der Waals surface area (Å²) in [5.41, 5.74) is 0.760. The van der Waals surface area contributed by atoms with Gasteiger partial charge in [-0.15, -0.1) is 0 Å². The number of carbonyl (C=O) groups is 2. The molecule has 1 N–H and O–H groups in total. The van der Waals surface area contributed by atoms with Crippen LogP contribution in [0.25, 0.3) is 5.76 Å². The van der Waals surface area contributed by atoms with Crippen LogP contribution in [0.5, 0.6) is 11.5 Å². The maximum absolute atomic E-state index is 13.8. The topological polar surface area (TPSA) is 76.1 Å². The summed E-state index contributed by atoms with van der Waals surface area (Å²) >= 11 is 12.1. The molecular weight excluding hydrogens is 496 g/mol. The number of amides is 1. The predicted octanol–water partition coefficient (Wildman–Crippen LogP) is 6.17. The van der Waals surface area contributed by atoms with E-state index in [1.54, 1.807) is 31.2 Å². The Morgan fingerprint density at radius 3 is 2.51 bits per heavy atom. The lowest BCUT2D eigenvalue weighted by atomic mass is 9.95. The van der Waals surface area contributed by atoms with Gasteiger partial charge in [-0.2, -0.15) is 0 Å². The van der Waals surface area contributed by atoms with Gasteiger partial charge in [0.1, 0.15) is 23.1 Å². The first kappa shape index (κ1) is 24.6. The zero-order valence-electron chi connectivity index (χ0n) is 18.7. The molecule has 35 heavy (non-hydrogen) atoms. The number of ether oxygens (including phenoxy) is 2. The zero-order valence-corrected chi connectivity index (χ0v) is 20.2. The van der Waals surface area contributed by atoms with Crippen LogP contribution in [0.3, 0.4) is 0 Å². The summed E-state index contributed by atoms with van der Waals surface area (Å²) in [4.78, 5) is 27.7. The van der Waals surface area contributed by atoms with Crippen LogP contribution < -0.4 is 14.4 Å². The summed E-state index contributed by atoms with van der Waals surface area (Å²) in [6, 6.07) is 13.9. The Bertz CT molecular complexity index is 1360. The van der Waals surface area contributed by atoms with Gasteiger partial charge in [0.2, 0.25) is 0 Å². The fraction of sp³-hybridized carbons (Fsp3) is 0.154. The SMILES string of the molecule is CCOc1cc(/C(O)=C2\C(=O)C(=O)N(c3ccc(F)c(Cl)c3)C2c2cccc(OC)c2)ccc1Cl. The summed E-state index contributed by atoms with van der Waals surface area (Å²) in [5, 5.41) is 11.4. The van der Waals surface area contributed by atoms with Crippen LogP contribution in [0, 0.1) is 5.82 Å². The van der Waals surface area contributed by atoms with Gasteiger partial charge in [-0.25, -0.2) is 4.39 Å². The third kappa shape index (κ3) is 4.57. The van der Waals surface area contributed by atoms with E-state index in [9.17, 15) is 19.1 Å². The molecule has 0 saturated carbocycles. The molecule has 1 amide bonds. The van der Waals surface area contributed by atoms with Crippen LogP contribution in [0.2, 0.25) is 10.0 Å². The van der Waals surface area contributed by atoms with Gasteiger partial charge in [0.15, 0.2) is 0 Å². The van der Waals surface area contributed by atoms with Crippen molar-refractivity contribution in [2.45, 2.75) is 13.0 Å². The Morgan fingerprint density at radius 2 is 1.83 bits per heavy atom. The lowest BCUT2D eigenvalue weighted by molar-refractivity contribution is -0.132. The van der Waals surface area contributed by atoms with Gasteiger partial charge in [0.05, 0.1) is 35.4 Å². The molecule has 0 bridgehead atoms. The van der Waals surface area contributed by atoms with Gasteiger partial charge in [-0.05, 0) is 61.0 Å². The normalized spacial score (nSPS) is 17.1. The molecule has 1 unspecified atom stereocenters. The van der Waals surface area contributed by atoms with Crippen molar-refractivity contribution in [1.29, 1.82) is 0 Å². The smallest absolute Gasteiger partial charge is 0.300 e. The fourth-order valence-electron chi connectivity index (χ4n) is 3.93. The zero-order chi connectivity index (χ0) is 25.3. The highest BCUT2D eigenvalue weighted by molar-refractivity contribution is 6.51. The number of aliphatic hydroxyl groups is 1. The first-order chi connectivity index (χ1) is 16.8. The molecule has 1 fully saturated rings. The van der Waals surface area contributed by atoms with E-state index in [1.807, 2.05) is 0 Å². The monoisotopic (exact) mass is 515 g/mol. The van der Waals surface area contributed by atoms with E-state index < -0.39 is 29.3 Å². The number of halogens is 3. The number of nitrogens with zero attached hydrogens (tertiary/aromatic N) is 1. The number of rotatable bonds is 6. The molecular formula is C26H20Cl2FNO5. The van der Waals surface area contributed by atoms with E-state index in [0.29, 0.717) is 28.7 Å². The van der Waals surface area contributed by atoms with Crippen LogP contribution in [-0.2, 0) is 9.59 Å². The number of ketones is 1. The molecule has 0 radical (unpaired) electrons. The molecule has 9 heteroatoms. The van der Waals surface area contributed by atoms with E-state index in [-0.39, 0.29) is 21.8 Å². The molecule has 1 atom stereocenters. The van der Waals surface area contributed by atoms with Crippen LogP contribution in [0.15, 0.2) is 66.2 Å². The molecule has 1 saturated heterocycles. The van der Waals surface area contributed by atoms with E-state index in [0.717, 1.165) is 6.07 Å². The van der Waals surface area contributed by atoms with Crippen molar-refractivity contribution >= 4 is 46.3 Å². The molecule has 4 rings (SSSR count). The number of benzene rings is 3. The molecule has 0 aromatic heterocycles. The Labute approximate surface area is 211 Å². The summed E-state index contributed by atoms with van der Waals surface area (Å²) in [7, 11) is 1.48. The second kappa shape index (κ2) is 9.98. The van der Waals surface area contributed by atoms with Crippen molar-refractivity contribution in [2.75, 3.05) is 18.6 Å². The Morgan fingerprint density at radius 1 is 1.06 bits per heavy atom. The number of aliphatic hydroxyl groups excluding tert-OH is 1. The van der Waals surface area contributed by atoms with E-state index in [1.165, 1.54) is 42.3 Å². The van der Waals surface area contributed by atoms with Gasteiger partial charge >= 0.3 is 0 Å². The van der Waals surface area contributed by atoms with Crippen LogP contribution >= 0.6 is 23.2 Å². The summed E-state index contributed by atoms with van der Waals surface area (Å²) < 4.78 is 24.7. The third-order valence-electron chi connectivity index (χ3n) is 5.54. The van der Waals surface area contributed by atoms with Gasteiger partial charge < -0.3 is 14.6 Å². The Hall–Kier alpha value is -3.55. The number of hydrogen-bond donors (Lipinski definition) is 1. The summed E-state index contributed by atoms with van der Waals surface area (Å²) in [6.45, 7) is 2.12. The molecule has 6 nitrogen and oxygen atoms in total. The predicted molar refractivity (Wildman–Crippen MR) is 132 cm³/mol. The number of carbonyl (C=O) groups excluding carboxylic acids is 2. The highest BCUT2D eigenvalue weighted by atomic mass is 35.5. The lowest BCUT2D eigenvalue weighted by Crippen LogP contribution is -2.29. The highest BCUT2D eigenvalue weighted by Crippen LogP contribution is 2.44. The average molecular weight is 516 g/mol. The minimum absolute atomic E-state index is 0.159. The van der Waals surface area contributed by atoms with Crippen molar-refractivity contribution in [3.05, 3.63) is 93.2 Å². The van der Waals surface area contributed by atoms with Gasteiger partial charge in [0, 0.05) is 11.3 Å². The number of methoxy groups -OCH3 is 1.